The van der Waals surface area contributed by atoms with Crippen LogP contribution in [-0.2, 0) is 4.79 Å². The lowest BCUT2D eigenvalue weighted by Crippen LogP contribution is -2.53. The molecule has 1 aliphatic carbocycles. The number of fused-ring (bicyclic) bond motifs is 1. The van der Waals surface area contributed by atoms with Crippen molar-refractivity contribution in [2.45, 2.75) is 39.0 Å². The first kappa shape index (κ1) is 16.6. The number of rotatable bonds is 5. The Hall–Kier alpha value is -1.88. The van der Waals surface area contributed by atoms with Crippen LogP contribution in [0.4, 0.5) is 5.13 Å². The van der Waals surface area contributed by atoms with Gasteiger partial charge in [0.05, 0.1) is 16.1 Å². The van der Waals surface area contributed by atoms with Crippen molar-refractivity contribution < 1.29 is 4.79 Å². The fourth-order valence-corrected chi connectivity index (χ4v) is 4.66. The summed E-state index contributed by atoms with van der Waals surface area (Å²) in [6.45, 7) is 4.45. The van der Waals surface area contributed by atoms with Crippen LogP contribution in [0.5, 0.6) is 0 Å². The number of hydrogen-bond donors (Lipinski definition) is 1. The molecule has 0 spiro atoms. The van der Waals surface area contributed by atoms with E-state index >= 15 is 0 Å². The predicted molar refractivity (Wildman–Crippen MR) is 104 cm³/mol. The van der Waals surface area contributed by atoms with Gasteiger partial charge in [-0.05, 0) is 56.7 Å². The molecule has 4 rings (SSSR count). The minimum absolute atomic E-state index is 0.106. The van der Waals surface area contributed by atoms with Gasteiger partial charge in [0.15, 0.2) is 5.13 Å². The number of thiazole rings is 1. The number of benzene rings is 1. The van der Waals surface area contributed by atoms with Crippen molar-refractivity contribution in [1.82, 2.24) is 10.3 Å². The van der Waals surface area contributed by atoms with Crippen LogP contribution in [0.1, 0.15) is 37.7 Å². The number of nitrogens with zero attached hydrogens (tertiary/aromatic N) is 2. The number of allylic oxidation sites excluding steroid dienone is 1. The number of anilines is 1. The highest BCUT2D eigenvalue weighted by atomic mass is 32.1. The number of aromatic nitrogens is 1. The normalized spacial score (nSPS) is 18.1. The minimum atomic E-state index is 0.106. The summed E-state index contributed by atoms with van der Waals surface area (Å²) in [5.41, 5.74) is 3.84. The van der Waals surface area contributed by atoms with Crippen molar-refractivity contribution >= 4 is 32.6 Å². The van der Waals surface area contributed by atoms with E-state index in [-0.39, 0.29) is 11.8 Å². The summed E-state index contributed by atoms with van der Waals surface area (Å²) >= 11 is 1.72. The highest BCUT2D eigenvalue weighted by Crippen LogP contribution is 2.33. The summed E-state index contributed by atoms with van der Waals surface area (Å²) in [4.78, 5) is 19.2. The Labute approximate surface area is 152 Å². The van der Waals surface area contributed by atoms with Gasteiger partial charge in [-0.25, -0.2) is 4.98 Å². The summed E-state index contributed by atoms with van der Waals surface area (Å²) in [5, 5.41) is 4.15. The van der Waals surface area contributed by atoms with Crippen LogP contribution in [-0.4, -0.2) is 30.5 Å². The Bertz CT molecular complexity index is 804. The van der Waals surface area contributed by atoms with Gasteiger partial charge in [0.2, 0.25) is 5.91 Å². The van der Waals surface area contributed by atoms with Crippen molar-refractivity contribution in [2.75, 3.05) is 24.5 Å². The molecule has 0 atom stereocenters. The van der Waals surface area contributed by atoms with E-state index in [1.165, 1.54) is 41.5 Å². The molecule has 1 aromatic heterocycles. The van der Waals surface area contributed by atoms with E-state index in [4.69, 9.17) is 4.98 Å². The van der Waals surface area contributed by atoms with Gasteiger partial charge in [-0.2, -0.15) is 0 Å². The average Bonchev–Trinajstić information content (AvgIpc) is 2.97. The number of hydrogen-bond acceptors (Lipinski definition) is 4. The van der Waals surface area contributed by atoms with Crippen LogP contribution in [0.2, 0.25) is 0 Å². The van der Waals surface area contributed by atoms with E-state index in [1.807, 2.05) is 0 Å². The third-order valence-electron chi connectivity index (χ3n) is 5.19. The third-order valence-corrected chi connectivity index (χ3v) is 6.26. The number of carbonyl (C=O) groups is 1. The summed E-state index contributed by atoms with van der Waals surface area (Å²) in [7, 11) is 0. The second kappa shape index (κ2) is 7.16. The largest absolute Gasteiger partial charge is 0.355 e. The quantitative estimate of drug-likeness (QED) is 0.823. The molecular weight excluding hydrogens is 330 g/mol. The molecule has 1 fully saturated rings. The number of aryl methyl sites for hydroxylation is 1. The first-order chi connectivity index (χ1) is 12.2. The number of nitrogens with one attached hydrogen (secondary N) is 1. The molecule has 1 aliphatic heterocycles. The average molecular weight is 356 g/mol. The van der Waals surface area contributed by atoms with Gasteiger partial charge >= 0.3 is 0 Å². The van der Waals surface area contributed by atoms with E-state index in [0.29, 0.717) is 0 Å². The van der Waals surface area contributed by atoms with Crippen molar-refractivity contribution in [3.63, 3.8) is 0 Å². The van der Waals surface area contributed by atoms with Crippen molar-refractivity contribution in [2.24, 2.45) is 5.92 Å². The molecule has 2 heterocycles. The molecule has 2 aromatic rings. The van der Waals surface area contributed by atoms with Crippen molar-refractivity contribution in [3.05, 3.63) is 35.4 Å². The lowest BCUT2D eigenvalue weighted by Gasteiger charge is -2.38. The molecule has 0 unspecified atom stereocenters. The molecule has 1 amide bonds. The zero-order valence-electron chi connectivity index (χ0n) is 14.8. The van der Waals surface area contributed by atoms with Crippen LogP contribution in [0.3, 0.4) is 0 Å². The zero-order valence-corrected chi connectivity index (χ0v) is 15.6. The predicted octanol–water partition coefficient (Wildman–Crippen LogP) is 4.05. The monoisotopic (exact) mass is 355 g/mol. The number of carbonyl (C=O) groups excluding carboxylic acids is 1. The summed E-state index contributed by atoms with van der Waals surface area (Å²) in [6.07, 6.45) is 8.42. The van der Waals surface area contributed by atoms with E-state index < -0.39 is 0 Å². The fourth-order valence-electron chi connectivity index (χ4n) is 3.58. The van der Waals surface area contributed by atoms with E-state index in [1.54, 1.807) is 11.3 Å². The Morgan fingerprint density at radius 3 is 3.04 bits per heavy atom. The lowest BCUT2D eigenvalue weighted by molar-refractivity contribution is -0.125. The Balaban J connectivity index is 1.26. The molecule has 25 heavy (non-hydrogen) atoms. The van der Waals surface area contributed by atoms with Gasteiger partial charge in [-0.1, -0.05) is 29.1 Å². The summed E-state index contributed by atoms with van der Waals surface area (Å²) in [6, 6.07) is 6.36. The van der Waals surface area contributed by atoms with Gasteiger partial charge in [-0.15, -0.1) is 0 Å². The molecule has 1 saturated heterocycles. The maximum absolute atomic E-state index is 12.3. The van der Waals surface area contributed by atoms with Crippen LogP contribution < -0.4 is 10.2 Å². The first-order valence-electron chi connectivity index (χ1n) is 9.27. The molecule has 0 bridgehead atoms. The van der Waals surface area contributed by atoms with Gasteiger partial charge in [0.25, 0.3) is 0 Å². The van der Waals surface area contributed by atoms with E-state index in [0.717, 1.165) is 36.7 Å². The molecule has 0 saturated carbocycles. The highest BCUT2D eigenvalue weighted by Gasteiger charge is 2.34. The topological polar surface area (TPSA) is 45.2 Å². The van der Waals surface area contributed by atoms with Gasteiger partial charge in [-0.3, -0.25) is 4.79 Å². The van der Waals surface area contributed by atoms with E-state index in [9.17, 15) is 4.79 Å². The van der Waals surface area contributed by atoms with Crippen molar-refractivity contribution in [3.8, 4) is 0 Å². The molecule has 5 heteroatoms. The lowest BCUT2D eigenvalue weighted by atomic mass is 9.97. The maximum atomic E-state index is 12.3. The molecule has 1 aromatic carbocycles. The second-order valence-electron chi connectivity index (χ2n) is 7.22. The van der Waals surface area contributed by atoms with Gasteiger partial charge < -0.3 is 10.2 Å². The van der Waals surface area contributed by atoms with Crippen LogP contribution in [0.15, 0.2) is 29.8 Å². The van der Waals surface area contributed by atoms with Gasteiger partial charge in [0, 0.05) is 19.6 Å². The molecule has 0 radical (unpaired) electrons. The molecule has 2 aliphatic rings. The van der Waals surface area contributed by atoms with Crippen LogP contribution in [0, 0.1) is 12.8 Å². The zero-order chi connectivity index (χ0) is 17.2. The number of amides is 1. The standard InChI is InChI=1S/C20H25N3OS/c1-14-7-8-17-18(11-14)25-20(22-17)23-12-16(13-23)19(24)21-10-9-15-5-3-2-4-6-15/h5,7-8,11,16H,2-4,6,9-10,12-13H2,1H3,(H,21,24). The fraction of sp³-hybridized carbons (Fsp3) is 0.500. The van der Waals surface area contributed by atoms with Crippen LogP contribution in [0.25, 0.3) is 10.2 Å². The minimum Gasteiger partial charge on any atom is -0.355 e. The summed E-state index contributed by atoms with van der Waals surface area (Å²) in [5.74, 6) is 0.304. The van der Waals surface area contributed by atoms with E-state index in [2.05, 4.69) is 41.4 Å². The Morgan fingerprint density at radius 2 is 2.24 bits per heavy atom. The second-order valence-corrected chi connectivity index (χ2v) is 8.23. The summed E-state index contributed by atoms with van der Waals surface area (Å²) < 4.78 is 1.23. The van der Waals surface area contributed by atoms with Gasteiger partial charge in [0.1, 0.15) is 0 Å². The molecular formula is C20H25N3OS. The molecule has 4 nitrogen and oxygen atoms in total. The smallest absolute Gasteiger partial charge is 0.226 e. The third kappa shape index (κ3) is 3.71. The Morgan fingerprint density at radius 1 is 1.36 bits per heavy atom. The highest BCUT2D eigenvalue weighted by molar-refractivity contribution is 7.22. The Kier molecular flexibility index (Phi) is 4.75. The first-order valence-corrected chi connectivity index (χ1v) is 10.1. The molecule has 132 valence electrons. The van der Waals surface area contributed by atoms with Crippen molar-refractivity contribution in [1.29, 1.82) is 0 Å². The SMILES string of the molecule is Cc1ccc2nc(N3CC(C(=O)NCCC4=CCCCC4)C3)sc2c1. The van der Waals surface area contributed by atoms with Crippen LogP contribution >= 0.6 is 11.3 Å². The molecule has 1 N–H and O–H groups in total. The maximum Gasteiger partial charge on any atom is 0.226 e.